The molecular weight excluding hydrogens is 370 g/mol. The quantitative estimate of drug-likeness (QED) is 0.728. The van der Waals surface area contributed by atoms with Crippen molar-refractivity contribution in [3.05, 3.63) is 65.2 Å². The van der Waals surface area contributed by atoms with Crippen molar-refractivity contribution in [2.45, 2.75) is 19.6 Å². The number of hydrogen-bond acceptors (Lipinski definition) is 3. The van der Waals surface area contributed by atoms with E-state index in [1.807, 2.05) is 13.8 Å². The largest absolute Gasteiger partial charge is 0.339 e. The van der Waals surface area contributed by atoms with Gasteiger partial charge in [0.15, 0.2) is 11.6 Å². The van der Waals surface area contributed by atoms with Crippen molar-refractivity contribution in [1.82, 2.24) is 4.90 Å². The molecule has 2 rings (SSSR count). The van der Waals surface area contributed by atoms with E-state index in [1.165, 1.54) is 23.9 Å². The fourth-order valence-corrected chi connectivity index (χ4v) is 3.30. The Morgan fingerprint density at radius 3 is 2.33 bits per heavy atom. The summed E-state index contributed by atoms with van der Waals surface area (Å²) >= 11 is 1.19. The second-order valence-corrected chi connectivity index (χ2v) is 6.79. The average molecular weight is 392 g/mol. The lowest BCUT2D eigenvalue weighted by Crippen LogP contribution is -2.30. The van der Waals surface area contributed by atoms with Gasteiger partial charge in [-0.25, -0.2) is 8.78 Å². The molecule has 0 heterocycles. The lowest BCUT2D eigenvalue weighted by molar-refractivity contribution is -0.113. The van der Waals surface area contributed by atoms with E-state index in [9.17, 15) is 18.4 Å². The van der Waals surface area contributed by atoms with Crippen LogP contribution >= 0.6 is 11.8 Å². The van der Waals surface area contributed by atoms with Crippen LogP contribution in [0.4, 0.5) is 14.5 Å². The second kappa shape index (κ2) is 10.1. The zero-order chi connectivity index (χ0) is 19.8. The van der Waals surface area contributed by atoms with E-state index in [0.717, 1.165) is 6.07 Å². The Kier molecular flexibility index (Phi) is 7.79. The number of carbonyl (C=O) groups is 2. The third kappa shape index (κ3) is 5.79. The topological polar surface area (TPSA) is 49.4 Å². The molecule has 2 aromatic carbocycles. The van der Waals surface area contributed by atoms with Gasteiger partial charge in [-0.15, -0.1) is 11.8 Å². The minimum absolute atomic E-state index is 0.0504. The molecule has 0 fully saturated rings. The van der Waals surface area contributed by atoms with Gasteiger partial charge in [0.1, 0.15) is 0 Å². The predicted molar refractivity (Wildman–Crippen MR) is 105 cm³/mol. The maximum atomic E-state index is 13.6. The molecule has 0 aliphatic heterocycles. The number of halogens is 2. The minimum atomic E-state index is -0.892. The van der Waals surface area contributed by atoms with Gasteiger partial charge in [-0.2, -0.15) is 0 Å². The van der Waals surface area contributed by atoms with E-state index >= 15 is 0 Å². The van der Waals surface area contributed by atoms with Gasteiger partial charge in [-0.1, -0.05) is 12.1 Å². The van der Waals surface area contributed by atoms with Crippen LogP contribution in [0.1, 0.15) is 29.8 Å². The molecule has 0 unspecified atom stereocenters. The molecule has 27 heavy (non-hydrogen) atoms. The van der Waals surface area contributed by atoms with E-state index in [2.05, 4.69) is 5.32 Å². The smallest absolute Gasteiger partial charge is 0.253 e. The van der Waals surface area contributed by atoms with E-state index < -0.39 is 11.6 Å². The number of benzene rings is 2. The maximum absolute atomic E-state index is 13.6. The molecule has 0 aliphatic rings. The summed E-state index contributed by atoms with van der Waals surface area (Å²) in [5, 5.41) is 2.73. The van der Waals surface area contributed by atoms with Gasteiger partial charge in [0.25, 0.3) is 5.91 Å². The van der Waals surface area contributed by atoms with Gasteiger partial charge in [-0.05, 0) is 44.2 Å². The standard InChI is InChI=1S/C20H22F2N2O2S/c1-3-24(4-2)20(26)14-8-10-16(11-9-14)23-18(25)13-27-12-15-6-5-7-17(21)19(15)22/h5-11H,3-4,12-13H2,1-2H3,(H,23,25). The monoisotopic (exact) mass is 392 g/mol. The summed E-state index contributed by atoms with van der Waals surface area (Å²) in [5.74, 6) is -1.76. The lowest BCUT2D eigenvalue weighted by Gasteiger charge is -2.18. The first-order valence-electron chi connectivity index (χ1n) is 8.66. The van der Waals surface area contributed by atoms with Crippen LogP contribution in [0.3, 0.4) is 0 Å². The molecule has 0 aromatic heterocycles. The zero-order valence-electron chi connectivity index (χ0n) is 15.3. The molecule has 0 atom stereocenters. The first kappa shape index (κ1) is 20.9. The van der Waals surface area contributed by atoms with Gasteiger partial charge in [0, 0.05) is 35.7 Å². The van der Waals surface area contributed by atoms with Crippen LogP contribution in [0.5, 0.6) is 0 Å². The number of amides is 2. The molecule has 4 nitrogen and oxygen atoms in total. The normalized spacial score (nSPS) is 10.5. The number of hydrogen-bond donors (Lipinski definition) is 1. The Labute approximate surface area is 161 Å². The van der Waals surface area contributed by atoms with E-state index in [0.29, 0.717) is 24.3 Å². The molecule has 0 spiro atoms. The van der Waals surface area contributed by atoms with Crippen LogP contribution in [0.25, 0.3) is 0 Å². The van der Waals surface area contributed by atoms with Crippen LogP contribution in [0, 0.1) is 11.6 Å². The third-order valence-corrected chi connectivity index (χ3v) is 4.97. The summed E-state index contributed by atoms with van der Waals surface area (Å²) in [6.07, 6.45) is 0. The van der Waals surface area contributed by atoms with Gasteiger partial charge in [0.05, 0.1) is 5.75 Å². The number of rotatable bonds is 8. The molecule has 0 aliphatic carbocycles. The Hall–Kier alpha value is -2.41. The van der Waals surface area contributed by atoms with Crippen molar-refractivity contribution < 1.29 is 18.4 Å². The van der Waals surface area contributed by atoms with Crippen molar-refractivity contribution in [2.24, 2.45) is 0 Å². The van der Waals surface area contributed by atoms with Gasteiger partial charge < -0.3 is 10.2 Å². The number of anilines is 1. The molecule has 0 bridgehead atoms. The van der Waals surface area contributed by atoms with E-state index in [1.54, 1.807) is 29.2 Å². The van der Waals surface area contributed by atoms with Crippen molar-refractivity contribution >= 4 is 29.3 Å². The first-order valence-corrected chi connectivity index (χ1v) is 9.81. The number of nitrogens with one attached hydrogen (secondary N) is 1. The number of thioether (sulfide) groups is 1. The summed E-state index contributed by atoms with van der Waals surface area (Å²) in [4.78, 5) is 26.0. The second-order valence-electron chi connectivity index (χ2n) is 5.81. The highest BCUT2D eigenvalue weighted by Gasteiger charge is 2.13. The van der Waals surface area contributed by atoms with Crippen molar-refractivity contribution in [1.29, 1.82) is 0 Å². The number of carbonyl (C=O) groups excluding carboxylic acids is 2. The highest BCUT2D eigenvalue weighted by Crippen LogP contribution is 2.18. The van der Waals surface area contributed by atoms with Gasteiger partial charge >= 0.3 is 0 Å². The third-order valence-electron chi connectivity index (χ3n) is 3.99. The number of nitrogens with zero attached hydrogens (tertiary/aromatic N) is 1. The Morgan fingerprint density at radius 2 is 1.70 bits per heavy atom. The minimum Gasteiger partial charge on any atom is -0.339 e. The van der Waals surface area contributed by atoms with Crippen LogP contribution in [0.2, 0.25) is 0 Å². The fraction of sp³-hybridized carbons (Fsp3) is 0.300. The maximum Gasteiger partial charge on any atom is 0.253 e. The Morgan fingerprint density at radius 1 is 1.04 bits per heavy atom. The highest BCUT2D eigenvalue weighted by molar-refractivity contribution is 7.99. The summed E-state index contributed by atoms with van der Waals surface area (Å²) in [7, 11) is 0. The van der Waals surface area contributed by atoms with E-state index in [-0.39, 0.29) is 28.9 Å². The van der Waals surface area contributed by atoms with Crippen LogP contribution in [-0.2, 0) is 10.5 Å². The first-order chi connectivity index (χ1) is 13.0. The summed E-state index contributed by atoms with van der Waals surface area (Å²) in [5.41, 5.74) is 1.37. The summed E-state index contributed by atoms with van der Waals surface area (Å²) < 4.78 is 26.7. The van der Waals surface area contributed by atoms with Crippen LogP contribution in [-0.4, -0.2) is 35.6 Å². The fourth-order valence-electron chi connectivity index (χ4n) is 2.50. The molecule has 144 valence electrons. The Balaban J connectivity index is 1.85. The zero-order valence-corrected chi connectivity index (χ0v) is 16.1. The molecule has 2 aromatic rings. The van der Waals surface area contributed by atoms with E-state index in [4.69, 9.17) is 0 Å². The SMILES string of the molecule is CCN(CC)C(=O)c1ccc(NC(=O)CSCc2cccc(F)c2F)cc1. The van der Waals surface area contributed by atoms with Gasteiger partial charge in [0.2, 0.25) is 5.91 Å². The Bertz CT molecular complexity index is 793. The highest BCUT2D eigenvalue weighted by atomic mass is 32.2. The molecule has 0 radical (unpaired) electrons. The van der Waals surface area contributed by atoms with Crippen LogP contribution in [0.15, 0.2) is 42.5 Å². The van der Waals surface area contributed by atoms with Gasteiger partial charge in [-0.3, -0.25) is 9.59 Å². The van der Waals surface area contributed by atoms with Crippen molar-refractivity contribution in [3.8, 4) is 0 Å². The summed E-state index contributed by atoms with van der Waals surface area (Å²) in [6, 6.07) is 10.7. The molecule has 2 amide bonds. The molecule has 0 saturated heterocycles. The molecule has 7 heteroatoms. The lowest BCUT2D eigenvalue weighted by atomic mass is 10.2. The molecule has 1 N–H and O–H groups in total. The van der Waals surface area contributed by atoms with Crippen molar-refractivity contribution in [2.75, 3.05) is 24.2 Å². The molecule has 0 saturated carbocycles. The van der Waals surface area contributed by atoms with Crippen LogP contribution < -0.4 is 5.32 Å². The van der Waals surface area contributed by atoms with Crippen molar-refractivity contribution in [3.63, 3.8) is 0 Å². The molecular formula is C20H22F2N2O2S. The predicted octanol–water partition coefficient (Wildman–Crippen LogP) is 4.32. The summed E-state index contributed by atoms with van der Waals surface area (Å²) in [6.45, 7) is 5.11. The average Bonchev–Trinajstić information content (AvgIpc) is 2.66.